The van der Waals surface area contributed by atoms with Crippen LogP contribution < -0.4 is 21.9 Å². The van der Waals surface area contributed by atoms with Crippen LogP contribution in [0, 0.1) is 29.1 Å². The number of cyclic esters (lactones) is 1. The average molecular weight is 860 g/mol. The van der Waals surface area contributed by atoms with Gasteiger partial charge in [-0.1, -0.05) is 39.0 Å². The summed E-state index contributed by atoms with van der Waals surface area (Å²) in [6.07, 6.45) is 10.5. The Balaban J connectivity index is 0.000000235. The van der Waals surface area contributed by atoms with Crippen molar-refractivity contribution in [3.8, 4) is 0 Å². The summed E-state index contributed by atoms with van der Waals surface area (Å²) in [7, 11) is 0. The van der Waals surface area contributed by atoms with Crippen LogP contribution in [0.1, 0.15) is 102 Å². The number of allylic oxidation sites excluding steroid dienone is 3. The van der Waals surface area contributed by atoms with Gasteiger partial charge in [-0.15, -0.1) is 0 Å². The Bertz CT molecular complexity index is 2240. The maximum Gasteiger partial charge on any atom is 0.326 e. The van der Waals surface area contributed by atoms with Gasteiger partial charge in [0.2, 0.25) is 5.95 Å². The number of amides is 1. The number of aromatic amines is 1. The zero-order chi connectivity index (χ0) is 45.3. The molecule has 8 atom stereocenters. The highest BCUT2D eigenvalue weighted by Gasteiger charge is 2.43. The fourth-order valence-electron chi connectivity index (χ4n) is 7.83. The van der Waals surface area contributed by atoms with Crippen molar-refractivity contribution in [3.05, 3.63) is 75.9 Å². The van der Waals surface area contributed by atoms with E-state index in [-0.39, 0.29) is 78.5 Å². The summed E-state index contributed by atoms with van der Waals surface area (Å²) in [6.45, 7) is 10.5. The summed E-state index contributed by atoms with van der Waals surface area (Å²) in [5.41, 5.74) is 7.26. The summed E-state index contributed by atoms with van der Waals surface area (Å²) < 4.78 is 11.6. The van der Waals surface area contributed by atoms with Gasteiger partial charge in [0.05, 0.1) is 36.4 Å². The molecule has 1 fully saturated rings. The maximum absolute atomic E-state index is 12.9. The number of carboxylic acids is 2. The van der Waals surface area contributed by atoms with Crippen LogP contribution in [-0.4, -0.2) is 89.4 Å². The number of hydrogen-bond donors (Lipinski definition) is 7. The number of nitrogens with zero attached hydrogens (tertiary/aromatic N) is 3. The lowest BCUT2D eigenvalue weighted by Crippen LogP contribution is -2.43. The number of anilines is 2. The fraction of sp³-hybridized carbons (Fsp3) is 0.523. The largest absolute Gasteiger partial charge is 0.481 e. The number of benzene rings is 1. The molecule has 0 unspecified atom stereocenters. The van der Waals surface area contributed by atoms with Gasteiger partial charge in [0, 0.05) is 30.0 Å². The predicted octanol–water partition coefficient (Wildman–Crippen LogP) is 4.54. The van der Waals surface area contributed by atoms with E-state index in [9.17, 15) is 33.9 Å². The molecule has 0 radical (unpaired) electrons. The normalized spacial score (nSPS) is 23.7. The number of fused-ring (bicyclic) bond motifs is 2. The van der Waals surface area contributed by atoms with Gasteiger partial charge in [0.1, 0.15) is 18.2 Å². The van der Waals surface area contributed by atoms with E-state index in [1.807, 2.05) is 20.8 Å². The average Bonchev–Trinajstić information content (AvgIpc) is 3.21. The molecule has 18 heteroatoms. The van der Waals surface area contributed by atoms with E-state index in [2.05, 4.69) is 62.6 Å². The first kappa shape index (κ1) is 46.9. The van der Waals surface area contributed by atoms with Gasteiger partial charge in [-0.2, -0.15) is 4.98 Å². The van der Waals surface area contributed by atoms with Crippen LogP contribution in [-0.2, 0) is 35.2 Å². The van der Waals surface area contributed by atoms with Gasteiger partial charge in [-0.05, 0) is 93.5 Å². The van der Waals surface area contributed by atoms with Gasteiger partial charge in [0.15, 0.2) is 11.2 Å². The van der Waals surface area contributed by atoms with Gasteiger partial charge in [-0.3, -0.25) is 29.0 Å². The number of H-pyrrole nitrogens is 1. The Kier molecular flexibility index (Phi) is 15.6. The topological polar surface area (TPSA) is 286 Å². The lowest BCUT2D eigenvalue weighted by atomic mass is 9.65. The molecule has 18 nitrogen and oxygen atoms in total. The number of nitrogens with one attached hydrogen (secondary N) is 3. The third-order valence-electron chi connectivity index (χ3n) is 11.7. The Hall–Kier alpha value is -6.17. The number of rotatable bonds is 15. The number of esters is 2. The Labute approximate surface area is 358 Å². The molecule has 1 aliphatic heterocycles. The van der Waals surface area contributed by atoms with Crippen LogP contribution in [0.4, 0.5) is 11.6 Å². The number of aliphatic hydroxyl groups excluding tert-OH is 1. The number of carboxylic acid groups (broad SMARTS) is 2. The molecule has 6 rings (SSSR count). The molecule has 3 aromatic rings. The van der Waals surface area contributed by atoms with Crippen molar-refractivity contribution in [2.45, 2.75) is 117 Å². The first-order valence-corrected chi connectivity index (χ1v) is 20.9. The Morgan fingerprint density at radius 2 is 1.79 bits per heavy atom. The minimum Gasteiger partial charge on any atom is -0.481 e. The minimum atomic E-state index is -1.31. The van der Waals surface area contributed by atoms with Crippen molar-refractivity contribution in [1.29, 1.82) is 0 Å². The zero-order valence-corrected chi connectivity index (χ0v) is 35.6. The second-order valence-corrected chi connectivity index (χ2v) is 17.0. The Morgan fingerprint density at radius 1 is 1.06 bits per heavy atom. The van der Waals surface area contributed by atoms with Gasteiger partial charge >= 0.3 is 23.9 Å². The fourth-order valence-corrected chi connectivity index (χ4v) is 7.83. The first-order valence-electron chi connectivity index (χ1n) is 20.9. The molecular weight excluding hydrogens is 803 g/mol. The van der Waals surface area contributed by atoms with Crippen molar-refractivity contribution < 1.29 is 48.8 Å². The monoisotopic (exact) mass is 859 g/mol. The van der Waals surface area contributed by atoms with Gasteiger partial charge in [-0.25, -0.2) is 14.8 Å². The maximum atomic E-state index is 12.9. The zero-order valence-electron chi connectivity index (χ0n) is 35.6. The van der Waals surface area contributed by atoms with E-state index in [0.29, 0.717) is 35.6 Å². The minimum absolute atomic E-state index is 0.0524. The number of carbonyl (C=O) groups is 5. The van der Waals surface area contributed by atoms with Crippen LogP contribution >= 0.6 is 0 Å². The SMILES string of the molecule is CCC(C)(C)C(=O)O[C@H]1C[C@@H](C)C=C2C=C[C@H](C)[C@H](CC[C@@H]3C[C@@H](O)CC(=O)O3)[C@H]21.Nc1nc2ncc(CNc3ccc(C(=O)N[C@@H](CCC(=O)O)C(=O)O)cc3)nc2c(=O)[nH]1. The summed E-state index contributed by atoms with van der Waals surface area (Å²) in [6, 6.07) is 4.86. The predicted molar refractivity (Wildman–Crippen MR) is 227 cm³/mol. The van der Waals surface area contributed by atoms with Crippen molar-refractivity contribution in [1.82, 2.24) is 25.3 Å². The summed E-state index contributed by atoms with van der Waals surface area (Å²) in [5.74, 6) is -2.38. The van der Waals surface area contributed by atoms with E-state index < -0.39 is 41.0 Å². The van der Waals surface area contributed by atoms with Gasteiger partial charge < -0.3 is 41.2 Å². The van der Waals surface area contributed by atoms with Crippen LogP contribution in [0.15, 0.2) is 59.1 Å². The lowest BCUT2D eigenvalue weighted by Gasteiger charge is -2.44. The third-order valence-corrected chi connectivity index (χ3v) is 11.7. The number of aromatic nitrogens is 4. The van der Waals surface area contributed by atoms with Gasteiger partial charge in [0.25, 0.3) is 11.5 Å². The molecule has 1 aromatic carbocycles. The second-order valence-electron chi connectivity index (χ2n) is 17.0. The summed E-state index contributed by atoms with van der Waals surface area (Å²) >= 11 is 0. The molecule has 62 heavy (non-hydrogen) atoms. The van der Waals surface area contributed by atoms with E-state index >= 15 is 0 Å². The number of hydrogen-bond acceptors (Lipinski definition) is 14. The van der Waals surface area contributed by atoms with E-state index in [4.69, 9.17) is 25.4 Å². The number of aliphatic hydroxyl groups is 1. The van der Waals surface area contributed by atoms with E-state index in [0.717, 1.165) is 25.7 Å². The number of ether oxygens (including phenoxy) is 2. The van der Waals surface area contributed by atoms with Crippen LogP contribution in [0.3, 0.4) is 0 Å². The molecule has 2 aliphatic carbocycles. The first-order chi connectivity index (χ1) is 29.3. The molecule has 0 spiro atoms. The molecular formula is C44H57N7O11. The number of aliphatic carboxylic acids is 2. The highest BCUT2D eigenvalue weighted by molar-refractivity contribution is 5.97. The highest BCUT2D eigenvalue weighted by Crippen LogP contribution is 2.45. The molecule has 3 heterocycles. The van der Waals surface area contributed by atoms with Crippen LogP contribution in [0.25, 0.3) is 11.2 Å². The smallest absolute Gasteiger partial charge is 0.326 e. The van der Waals surface area contributed by atoms with Crippen molar-refractivity contribution in [3.63, 3.8) is 0 Å². The molecule has 8 N–H and O–H groups in total. The molecule has 3 aliphatic rings. The lowest BCUT2D eigenvalue weighted by molar-refractivity contribution is -0.166. The van der Waals surface area contributed by atoms with E-state index in [1.54, 1.807) is 12.1 Å². The molecule has 1 amide bonds. The molecule has 0 bridgehead atoms. The van der Waals surface area contributed by atoms with Crippen molar-refractivity contribution in [2.24, 2.45) is 29.1 Å². The molecule has 2 aromatic heterocycles. The van der Waals surface area contributed by atoms with E-state index in [1.165, 1.54) is 23.9 Å². The van der Waals surface area contributed by atoms with Crippen LogP contribution in [0.2, 0.25) is 0 Å². The van der Waals surface area contributed by atoms with Crippen LogP contribution in [0.5, 0.6) is 0 Å². The van der Waals surface area contributed by atoms with Crippen molar-refractivity contribution >= 4 is 52.6 Å². The van der Waals surface area contributed by atoms with Crippen molar-refractivity contribution in [2.75, 3.05) is 11.1 Å². The standard InChI is InChI=1S/C25H38O5.C19H19N7O6/c1-6-25(4,5)24(28)30-21-12-15(2)11-17-8-7-16(3)20(23(17)21)10-9-19-13-18(26)14-22(27)29-19;20-19-25-15-14(17(30)26-19)23-11(8-22-15)7-21-10-3-1-9(2-4-10)16(29)24-12(18(31)32)5-6-13(27)28/h7-8,11,15-16,18-21,23,26H,6,9-10,12-14H2,1-5H3;1-4,8,12,21H,5-7H2,(H,24,29)(H,27,28)(H,31,32)(H3,20,22,25,26,30)/t15-,16-,18+,19+,20-,21-,23-;12-/m00/s1. The number of carbonyl (C=O) groups excluding carboxylic acids is 3. The third kappa shape index (κ3) is 12.5. The summed E-state index contributed by atoms with van der Waals surface area (Å²) in [5, 5.41) is 33.1. The molecule has 334 valence electrons. The quantitative estimate of drug-likeness (QED) is 0.103. The summed E-state index contributed by atoms with van der Waals surface area (Å²) in [4.78, 5) is 85.1. The number of nitrogen functional groups attached to an aromatic ring is 1. The molecule has 0 saturated carbocycles. The molecule has 1 saturated heterocycles. The Morgan fingerprint density at radius 3 is 2.45 bits per heavy atom. The second kappa shape index (κ2) is 20.6. The highest BCUT2D eigenvalue weighted by atomic mass is 16.6. The number of nitrogens with two attached hydrogens (primary N) is 1.